The molecule has 15 heteroatoms. The predicted molar refractivity (Wildman–Crippen MR) is 195 cm³/mol. The molecule has 1 unspecified atom stereocenters. The molecule has 2 fully saturated rings. The number of rotatable bonds is 19. The number of aryl methyl sites for hydroxylation is 2. The van der Waals surface area contributed by atoms with Gasteiger partial charge in [0.25, 0.3) is 0 Å². The van der Waals surface area contributed by atoms with Gasteiger partial charge in [-0.3, -0.25) is 14.3 Å². The number of nitrogens with zero attached hydrogens (tertiary/aromatic N) is 2. The van der Waals surface area contributed by atoms with E-state index in [1.807, 2.05) is 60.3 Å². The van der Waals surface area contributed by atoms with E-state index >= 15 is 0 Å². The van der Waals surface area contributed by atoms with Gasteiger partial charge < -0.3 is 31.1 Å². The number of fused-ring (bicyclic) bond motifs is 1. The summed E-state index contributed by atoms with van der Waals surface area (Å²) >= 11 is 6.64. The zero-order valence-corrected chi connectivity index (χ0v) is 30.2. The monoisotopic (exact) mass is 772 g/mol. The van der Waals surface area contributed by atoms with Gasteiger partial charge in [0.1, 0.15) is 5.75 Å². The molecule has 0 aliphatic carbocycles. The van der Waals surface area contributed by atoms with E-state index in [-0.39, 0.29) is 47.1 Å². The van der Waals surface area contributed by atoms with Crippen molar-refractivity contribution < 1.29 is 29.0 Å². The highest BCUT2D eigenvalue weighted by Gasteiger charge is 2.42. The highest BCUT2D eigenvalue weighted by molar-refractivity contribution is 9.10. The van der Waals surface area contributed by atoms with Gasteiger partial charge in [-0.05, 0) is 74.1 Å². The SMILES string of the molecule is O=C(CCCCC1SC[C@@H]2NC(=O)N[C@H]12)NCCCCOc1ccc(CCn2cc(NC(=O)CSc3ccc(Br)cc3)c(C(=O)O)n2)cc1. The third-order valence-electron chi connectivity index (χ3n) is 8.22. The lowest BCUT2D eigenvalue weighted by molar-refractivity contribution is -0.121. The largest absolute Gasteiger partial charge is 0.494 e. The van der Waals surface area contributed by atoms with Crippen LogP contribution in [0.3, 0.4) is 0 Å². The number of aromatic carboxylic acids is 1. The molecule has 5 rings (SSSR count). The average molecular weight is 774 g/mol. The molecule has 1 aromatic heterocycles. The number of nitrogens with one attached hydrogen (secondary N) is 4. The Balaban J connectivity index is 0.927. The maximum absolute atomic E-state index is 12.5. The zero-order chi connectivity index (χ0) is 34.6. The Morgan fingerprint density at radius 3 is 2.61 bits per heavy atom. The zero-order valence-electron chi connectivity index (χ0n) is 27.0. The first-order chi connectivity index (χ1) is 23.7. The molecular formula is C34H41BrN6O6S2. The Kier molecular flexibility index (Phi) is 13.7. The second-order valence-corrected chi connectivity index (χ2v) is 15.2. The molecule has 2 aliphatic heterocycles. The van der Waals surface area contributed by atoms with Crippen molar-refractivity contribution in [3.8, 4) is 5.75 Å². The fourth-order valence-electron chi connectivity index (χ4n) is 5.65. The number of thioether (sulfide) groups is 2. The molecule has 262 valence electrons. The van der Waals surface area contributed by atoms with E-state index in [0.717, 1.165) is 58.5 Å². The number of benzene rings is 2. The van der Waals surface area contributed by atoms with Crippen LogP contribution in [-0.2, 0) is 22.6 Å². The molecule has 12 nitrogen and oxygen atoms in total. The van der Waals surface area contributed by atoms with E-state index in [9.17, 15) is 24.3 Å². The molecule has 0 bridgehead atoms. The normalized spacial score (nSPS) is 18.0. The molecule has 4 amide bonds. The van der Waals surface area contributed by atoms with Gasteiger partial charge in [0.2, 0.25) is 11.8 Å². The number of anilines is 1. The molecule has 2 saturated heterocycles. The van der Waals surface area contributed by atoms with Crippen molar-refractivity contribution in [3.63, 3.8) is 0 Å². The van der Waals surface area contributed by atoms with Crippen LogP contribution in [0.5, 0.6) is 5.75 Å². The first-order valence-corrected chi connectivity index (χ1v) is 19.2. The molecule has 0 spiro atoms. The van der Waals surface area contributed by atoms with Gasteiger partial charge in [0.05, 0.1) is 30.1 Å². The first-order valence-electron chi connectivity index (χ1n) is 16.4. The van der Waals surface area contributed by atoms with Crippen LogP contribution < -0.4 is 26.0 Å². The van der Waals surface area contributed by atoms with Crippen molar-refractivity contribution in [2.45, 2.75) is 73.7 Å². The van der Waals surface area contributed by atoms with Crippen molar-refractivity contribution in [3.05, 3.63) is 70.5 Å². The molecule has 3 atom stereocenters. The Hall–Kier alpha value is -3.69. The van der Waals surface area contributed by atoms with Crippen molar-refractivity contribution in [2.75, 3.05) is 30.0 Å². The second-order valence-electron chi connectivity index (χ2n) is 11.9. The lowest BCUT2D eigenvalue weighted by Gasteiger charge is -2.16. The van der Waals surface area contributed by atoms with Crippen molar-refractivity contribution >= 4 is 69.0 Å². The number of carboxylic acid groups (broad SMARTS) is 1. The van der Waals surface area contributed by atoms with Gasteiger partial charge >= 0.3 is 12.0 Å². The van der Waals surface area contributed by atoms with Crippen LogP contribution in [0.25, 0.3) is 0 Å². The van der Waals surface area contributed by atoms with Crippen LogP contribution in [0, 0.1) is 0 Å². The standard InChI is InChI=1S/C34H41BrN6O6S2/c35-23-9-13-25(14-10-23)48-21-30(43)37-26-19-41(40-32(26)33(44)45)17-15-22-7-11-24(12-8-22)47-18-4-3-16-36-29(42)6-2-1-5-28-31-27(20-49-28)38-34(46)39-31/h7-14,19,27-28,31H,1-6,15-18,20-21H2,(H,36,42)(H,37,43)(H,44,45)(H2,38,39,46)/t27-,28?,31-/m0/s1. The topological polar surface area (TPSA) is 164 Å². The number of amides is 4. The average Bonchev–Trinajstić information content (AvgIpc) is 3.78. The van der Waals surface area contributed by atoms with Crippen molar-refractivity contribution in [1.29, 1.82) is 0 Å². The van der Waals surface area contributed by atoms with E-state index in [1.165, 1.54) is 16.4 Å². The van der Waals surface area contributed by atoms with Crippen LogP contribution in [0.2, 0.25) is 0 Å². The minimum absolute atomic E-state index is 0.0656. The summed E-state index contributed by atoms with van der Waals surface area (Å²) in [6, 6.07) is 15.7. The number of carboxylic acids is 1. The third-order valence-corrected chi connectivity index (χ3v) is 11.3. The number of unbranched alkanes of at least 4 members (excludes halogenated alkanes) is 2. The summed E-state index contributed by atoms with van der Waals surface area (Å²) in [4.78, 5) is 48.9. The molecule has 2 aromatic carbocycles. The van der Waals surface area contributed by atoms with Gasteiger partial charge in [0.15, 0.2) is 5.69 Å². The Morgan fingerprint density at radius 2 is 1.84 bits per heavy atom. The summed E-state index contributed by atoms with van der Waals surface area (Å²) in [5.74, 6) is 0.406. The van der Waals surface area contributed by atoms with Crippen LogP contribution in [-0.4, -0.2) is 80.7 Å². The predicted octanol–water partition coefficient (Wildman–Crippen LogP) is 5.32. The number of hydrogen-bond donors (Lipinski definition) is 5. The quantitative estimate of drug-likeness (QED) is 0.0617. The molecular weight excluding hydrogens is 732 g/mol. The Labute approximate surface area is 302 Å². The summed E-state index contributed by atoms with van der Waals surface area (Å²) in [5, 5.41) is 25.8. The molecule has 0 radical (unpaired) electrons. The summed E-state index contributed by atoms with van der Waals surface area (Å²) in [6.45, 7) is 1.60. The van der Waals surface area contributed by atoms with Gasteiger partial charge in [-0.2, -0.15) is 16.9 Å². The van der Waals surface area contributed by atoms with E-state index in [4.69, 9.17) is 4.74 Å². The fourth-order valence-corrected chi connectivity index (χ4v) is 8.16. The Bertz CT molecular complexity index is 1590. The van der Waals surface area contributed by atoms with E-state index in [0.29, 0.717) is 37.8 Å². The van der Waals surface area contributed by atoms with Crippen LogP contribution in [0.15, 0.2) is 64.1 Å². The van der Waals surface area contributed by atoms with Gasteiger partial charge in [0, 0.05) is 46.1 Å². The van der Waals surface area contributed by atoms with Crippen molar-refractivity contribution in [2.24, 2.45) is 0 Å². The van der Waals surface area contributed by atoms with Crippen LogP contribution >= 0.6 is 39.5 Å². The maximum atomic E-state index is 12.5. The number of aromatic nitrogens is 2. The fraction of sp³-hybridized carbons (Fsp3) is 0.441. The van der Waals surface area contributed by atoms with E-state index < -0.39 is 5.97 Å². The van der Waals surface area contributed by atoms with Crippen LogP contribution in [0.4, 0.5) is 10.5 Å². The lowest BCUT2D eigenvalue weighted by atomic mass is 10.0. The molecule has 2 aliphatic rings. The van der Waals surface area contributed by atoms with Gasteiger partial charge in [-0.1, -0.05) is 34.5 Å². The summed E-state index contributed by atoms with van der Waals surface area (Å²) in [6.07, 6.45) is 7.15. The number of carbonyl (C=O) groups excluding carboxylic acids is 3. The summed E-state index contributed by atoms with van der Waals surface area (Å²) in [7, 11) is 0. The van der Waals surface area contributed by atoms with E-state index in [1.54, 1.807) is 6.20 Å². The maximum Gasteiger partial charge on any atom is 0.358 e. The van der Waals surface area contributed by atoms with Crippen LogP contribution in [0.1, 0.15) is 54.6 Å². The number of halogens is 1. The first kappa shape index (κ1) is 36.6. The van der Waals surface area contributed by atoms with Crippen molar-refractivity contribution in [1.82, 2.24) is 25.7 Å². The molecule has 49 heavy (non-hydrogen) atoms. The summed E-state index contributed by atoms with van der Waals surface area (Å²) < 4.78 is 8.34. The second kappa shape index (κ2) is 18.3. The molecule has 3 aromatic rings. The highest BCUT2D eigenvalue weighted by Crippen LogP contribution is 2.33. The summed E-state index contributed by atoms with van der Waals surface area (Å²) in [5.41, 5.74) is 1.01. The highest BCUT2D eigenvalue weighted by atomic mass is 79.9. The lowest BCUT2D eigenvalue weighted by Crippen LogP contribution is -2.36. The number of urea groups is 1. The number of hydrogen-bond acceptors (Lipinski definition) is 8. The number of carbonyl (C=O) groups is 4. The minimum atomic E-state index is -1.21. The van der Waals surface area contributed by atoms with Gasteiger partial charge in [-0.25, -0.2) is 9.59 Å². The molecule has 3 heterocycles. The Morgan fingerprint density at radius 1 is 1.04 bits per heavy atom. The molecule has 0 saturated carbocycles. The third kappa shape index (κ3) is 11.4. The molecule has 5 N–H and O–H groups in total. The van der Waals surface area contributed by atoms with Gasteiger partial charge in [-0.15, -0.1) is 11.8 Å². The number of ether oxygens (including phenoxy) is 1. The minimum Gasteiger partial charge on any atom is -0.494 e. The smallest absolute Gasteiger partial charge is 0.358 e. The van der Waals surface area contributed by atoms with E-state index in [2.05, 4.69) is 42.3 Å².